The van der Waals surface area contributed by atoms with Crippen molar-refractivity contribution in [1.29, 1.82) is 0 Å². The van der Waals surface area contributed by atoms with Gasteiger partial charge in [-0.15, -0.1) is 0 Å². The van der Waals surface area contributed by atoms with Gasteiger partial charge in [0.2, 0.25) is 0 Å². The van der Waals surface area contributed by atoms with Crippen LogP contribution >= 0.6 is 12.2 Å². The number of aromatic nitrogens is 2. The second-order valence-corrected chi connectivity index (χ2v) is 5.21. The summed E-state index contributed by atoms with van der Waals surface area (Å²) >= 11 is 5.29. The highest BCUT2D eigenvalue weighted by Crippen LogP contribution is 2.28. The van der Waals surface area contributed by atoms with E-state index in [9.17, 15) is 4.39 Å². The van der Waals surface area contributed by atoms with Crippen molar-refractivity contribution in [2.45, 2.75) is 32.2 Å². The van der Waals surface area contributed by atoms with Crippen LogP contribution in [0.3, 0.4) is 0 Å². The highest BCUT2D eigenvalue weighted by atomic mass is 32.1. The third-order valence-corrected chi connectivity index (χ3v) is 4.00. The average molecular weight is 250 g/mol. The maximum Gasteiger partial charge on any atom is 0.178 e. The van der Waals surface area contributed by atoms with Gasteiger partial charge in [-0.3, -0.25) is 0 Å². The fourth-order valence-electron chi connectivity index (χ4n) is 2.78. The molecule has 1 N–H and O–H groups in total. The van der Waals surface area contributed by atoms with Gasteiger partial charge in [0.1, 0.15) is 11.3 Å². The molecule has 2 nitrogen and oxygen atoms in total. The van der Waals surface area contributed by atoms with Gasteiger partial charge >= 0.3 is 0 Å². The van der Waals surface area contributed by atoms with E-state index in [-0.39, 0.29) is 5.82 Å². The molecule has 1 saturated carbocycles. The number of aromatic amines is 1. The van der Waals surface area contributed by atoms with Crippen LogP contribution in [-0.2, 0) is 6.54 Å². The second kappa shape index (κ2) is 4.26. The lowest BCUT2D eigenvalue weighted by atomic mass is 10.1. The maximum atomic E-state index is 13.6. The fourth-order valence-corrected chi connectivity index (χ4v) is 3.05. The van der Waals surface area contributed by atoms with Gasteiger partial charge < -0.3 is 9.55 Å². The summed E-state index contributed by atoms with van der Waals surface area (Å²) in [5.41, 5.74) is 1.43. The summed E-state index contributed by atoms with van der Waals surface area (Å²) in [6.45, 7) is 0.919. The molecule has 1 aliphatic rings. The number of fused-ring (bicyclic) bond motifs is 1. The van der Waals surface area contributed by atoms with E-state index in [1.54, 1.807) is 6.07 Å². The van der Waals surface area contributed by atoms with Crippen molar-refractivity contribution < 1.29 is 4.39 Å². The van der Waals surface area contributed by atoms with Crippen molar-refractivity contribution in [1.82, 2.24) is 9.55 Å². The summed E-state index contributed by atoms with van der Waals surface area (Å²) in [5, 5.41) is 0. The molecule has 17 heavy (non-hydrogen) atoms. The van der Waals surface area contributed by atoms with E-state index in [1.165, 1.54) is 31.7 Å². The van der Waals surface area contributed by atoms with Gasteiger partial charge in [-0.05, 0) is 43.1 Å². The number of rotatable bonds is 2. The quantitative estimate of drug-likeness (QED) is 0.798. The number of hydrogen-bond acceptors (Lipinski definition) is 1. The van der Waals surface area contributed by atoms with Gasteiger partial charge in [0, 0.05) is 6.54 Å². The fraction of sp³-hybridized carbons (Fsp3) is 0.462. The van der Waals surface area contributed by atoms with Crippen LogP contribution < -0.4 is 0 Å². The first-order chi connectivity index (χ1) is 8.25. The zero-order chi connectivity index (χ0) is 11.8. The van der Waals surface area contributed by atoms with Crippen LogP contribution in [0.1, 0.15) is 25.7 Å². The molecule has 0 atom stereocenters. The molecule has 0 aliphatic heterocycles. The third-order valence-electron chi connectivity index (χ3n) is 3.68. The van der Waals surface area contributed by atoms with Crippen molar-refractivity contribution in [3.8, 4) is 0 Å². The Morgan fingerprint density at radius 3 is 2.88 bits per heavy atom. The largest absolute Gasteiger partial charge is 0.328 e. The molecular weight excluding hydrogens is 235 g/mol. The molecule has 1 fully saturated rings. The average Bonchev–Trinajstić information content (AvgIpc) is 2.91. The molecule has 0 saturated heterocycles. The molecule has 1 aromatic carbocycles. The Balaban J connectivity index is 2.06. The van der Waals surface area contributed by atoms with Crippen LogP contribution in [0.2, 0.25) is 0 Å². The lowest BCUT2D eigenvalue weighted by Crippen LogP contribution is -2.07. The molecule has 4 heteroatoms. The SMILES string of the molecule is Fc1cccc2c1[nH]c(=S)n2CC1CCCC1. The number of hydrogen-bond donors (Lipinski definition) is 1. The number of nitrogens with one attached hydrogen (secondary N) is 1. The topological polar surface area (TPSA) is 20.7 Å². The van der Waals surface area contributed by atoms with Gasteiger partial charge in [-0.2, -0.15) is 0 Å². The van der Waals surface area contributed by atoms with Gasteiger partial charge in [0.15, 0.2) is 4.77 Å². The minimum atomic E-state index is -0.223. The maximum absolute atomic E-state index is 13.6. The van der Waals surface area contributed by atoms with Crippen molar-refractivity contribution in [3.63, 3.8) is 0 Å². The van der Waals surface area contributed by atoms with Crippen LogP contribution in [0.15, 0.2) is 18.2 Å². The Hall–Kier alpha value is -1.16. The number of benzene rings is 1. The lowest BCUT2D eigenvalue weighted by molar-refractivity contribution is 0.461. The first-order valence-electron chi connectivity index (χ1n) is 6.13. The minimum Gasteiger partial charge on any atom is -0.328 e. The highest BCUT2D eigenvalue weighted by molar-refractivity contribution is 7.71. The second-order valence-electron chi connectivity index (χ2n) is 4.83. The first kappa shape index (κ1) is 11.0. The van der Waals surface area contributed by atoms with E-state index < -0.39 is 0 Å². The summed E-state index contributed by atoms with van der Waals surface area (Å²) in [6.07, 6.45) is 5.16. The molecule has 1 aliphatic carbocycles. The molecule has 0 amide bonds. The normalized spacial score (nSPS) is 17.0. The smallest absolute Gasteiger partial charge is 0.178 e. The lowest BCUT2D eigenvalue weighted by Gasteiger charge is -2.10. The van der Waals surface area contributed by atoms with Crippen LogP contribution in [0.4, 0.5) is 4.39 Å². The van der Waals surface area contributed by atoms with Gasteiger partial charge in [0.05, 0.1) is 5.52 Å². The molecule has 1 aromatic heterocycles. The Morgan fingerprint density at radius 2 is 2.12 bits per heavy atom. The molecule has 0 radical (unpaired) electrons. The monoisotopic (exact) mass is 250 g/mol. The number of halogens is 1. The number of imidazole rings is 1. The van der Waals surface area contributed by atoms with Crippen LogP contribution in [-0.4, -0.2) is 9.55 Å². The molecule has 0 bridgehead atoms. The minimum absolute atomic E-state index is 0.223. The van der Waals surface area contributed by atoms with Crippen LogP contribution in [0, 0.1) is 16.5 Å². The molecular formula is C13H15FN2S. The van der Waals surface area contributed by atoms with Crippen molar-refractivity contribution in [2.75, 3.05) is 0 Å². The Bertz CT molecular complexity index is 593. The number of nitrogens with zero attached hydrogens (tertiary/aromatic N) is 1. The van der Waals surface area contributed by atoms with E-state index in [0.29, 0.717) is 16.2 Å². The summed E-state index contributed by atoms with van der Waals surface area (Å²) < 4.78 is 16.3. The molecule has 1 heterocycles. The van der Waals surface area contributed by atoms with E-state index in [4.69, 9.17) is 12.2 Å². The standard InChI is InChI=1S/C13H15FN2S/c14-10-6-3-7-11-12(10)15-13(17)16(11)8-9-4-1-2-5-9/h3,6-7,9H,1-2,4-5,8H2,(H,15,17). The van der Waals surface area contributed by atoms with Gasteiger partial charge in [0.25, 0.3) is 0 Å². The predicted molar refractivity (Wildman–Crippen MR) is 69.0 cm³/mol. The van der Waals surface area contributed by atoms with Crippen LogP contribution in [0.25, 0.3) is 11.0 Å². The third kappa shape index (κ3) is 1.90. The molecule has 3 rings (SSSR count). The molecule has 0 unspecified atom stereocenters. The van der Waals surface area contributed by atoms with E-state index in [0.717, 1.165) is 12.1 Å². The summed E-state index contributed by atoms with van der Waals surface area (Å²) in [6, 6.07) is 5.14. The Labute approximate surface area is 104 Å². The first-order valence-corrected chi connectivity index (χ1v) is 6.53. The van der Waals surface area contributed by atoms with E-state index in [2.05, 4.69) is 4.98 Å². The Kier molecular flexibility index (Phi) is 2.74. The Morgan fingerprint density at radius 1 is 1.35 bits per heavy atom. The number of para-hydroxylation sites is 1. The zero-order valence-corrected chi connectivity index (χ0v) is 10.4. The van der Waals surface area contributed by atoms with Crippen molar-refractivity contribution in [2.24, 2.45) is 5.92 Å². The molecule has 2 aromatic rings. The van der Waals surface area contributed by atoms with Crippen molar-refractivity contribution >= 4 is 23.3 Å². The predicted octanol–water partition coefficient (Wildman–Crippen LogP) is 4.03. The summed E-state index contributed by atoms with van der Waals surface area (Å²) in [4.78, 5) is 2.97. The van der Waals surface area contributed by atoms with Gasteiger partial charge in [-0.25, -0.2) is 4.39 Å². The van der Waals surface area contributed by atoms with Crippen molar-refractivity contribution in [3.05, 3.63) is 28.8 Å². The molecule has 90 valence electrons. The number of H-pyrrole nitrogens is 1. The molecule has 0 spiro atoms. The highest BCUT2D eigenvalue weighted by Gasteiger charge is 2.17. The van der Waals surface area contributed by atoms with E-state index in [1.807, 2.05) is 10.6 Å². The van der Waals surface area contributed by atoms with E-state index >= 15 is 0 Å². The van der Waals surface area contributed by atoms with Crippen LogP contribution in [0.5, 0.6) is 0 Å². The summed E-state index contributed by atoms with van der Waals surface area (Å²) in [5.74, 6) is 0.475. The zero-order valence-electron chi connectivity index (χ0n) is 9.58. The van der Waals surface area contributed by atoms with Gasteiger partial charge in [-0.1, -0.05) is 18.9 Å². The summed E-state index contributed by atoms with van der Waals surface area (Å²) in [7, 11) is 0.